The summed E-state index contributed by atoms with van der Waals surface area (Å²) in [5, 5.41) is 5.59. The molecular weight excluding hydrogens is 306 g/mol. The fourth-order valence-electron chi connectivity index (χ4n) is 1.88. The van der Waals surface area contributed by atoms with Crippen molar-refractivity contribution in [2.45, 2.75) is 32.9 Å². The molecule has 2 rings (SSSR count). The van der Waals surface area contributed by atoms with Crippen molar-refractivity contribution in [2.24, 2.45) is 0 Å². The minimum absolute atomic E-state index is 0.0986. The van der Waals surface area contributed by atoms with Gasteiger partial charge in [-0.25, -0.2) is 0 Å². The summed E-state index contributed by atoms with van der Waals surface area (Å²) in [6.07, 6.45) is 0.114. The third-order valence-electron chi connectivity index (χ3n) is 3.09. The SMILES string of the molecule is CCC(Oc1ccc(Cl)c(C)c1)C(=O)NCc1cccs1. The first-order chi connectivity index (χ1) is 10.1. The molecule has 1 amide bonds. The Balaban J connectivity index is 1.95. The second-order valence-corrected chi connectivity index (χ2v) is 6.16. The second-order valence-electron chi connectivity index (χ2n) is 4.72. The number of ether oxygens (including phenoxy) is 1. The van der Waals surface area contributed by atoms with Gasteiger partial charge in [-0.2, -0.15) is 0 Å². The summed E-state index contributed by atoms with van der Waals surface area (Å²) in [6.45, 7) is 4.38. The molecule has 0 aliphatic carbocycles. The Morgan fingerprint density at radius 2 is 2.24 bits per heavy atom. The first-order valence-electron chi connectivity index (χ1n) is 6.83. The molecule has 112 valence electrons. The molecule has 3 nitrogen and oxygen atoms in total. The summed E-state index contributed by atoms with van der Waals surface area (Å²) in [6, 6.07) is 9.37. The summed E-state index contributed by atoms with van der Waals surface area (Å²) >= 11 is 7.61. The maximum Gasteiger partial charge on any atom is 0.261 e. The van der Waals surface area contributed by atoms with E-state index in [1.54, 1.807) is 23.5 Å². The van der Waals surface area contributed by atoms with Crippen molar-refractivity contribution < 1.29 is 9.53 Å². The minimum Gasteiger partial charge on any atom is -0.481 e. The van der Waals surface area contributed by atoms with Crippen molar-refractivity contribution >= 4 is 28.8 Å². The van der Waals surface area contributed by atoms with Crippen molar-refractivity contribution in [2.75, 3.05) is 0 Å². The molecule has 0 radical (unpaired) electrons. The van der Waals surface area contributed by atoms with Gasteiger partial charge in [0.05, 0.1) is 6.54 Å². The molecule has 0 bridgehead atoms. The molecule has 0 aliphatic rings. The van der Waals surface area contributed by atoms with Crippen LogP contribution < -0.4 is 10.1 Å². The lowest BCUT2D eigenvalue weighted by molar-refractivity contribution is -0.128. The number of halogens is 1. The van der Waals surface area contributed by atoms with Crippen LogP contribution in [0.4, 0.5) is 0 Å². The van der Waals surface area contributed by atoms with Gasteiger partial charge in [0.15, 0.2) is 6.10 Å². The minimum atomic E-state index is -0.495. The first-order valence-corrected chi connectivity index (χ1v) is 8.08. The van der Waals surface area contributed by atoms with Crippen LogP contribution in [0.2, 0.25) is 5.02 Å². The zero-order chi connectivity index (χ0) is 15.2. The molecule has 0 fully saturated rings. The van der Waals surface area contributed by atoms with Crippen LogP contribution in [0.25, 0.3) is 0 Å². The molecule has 1 heterocycles. The van der Waals surface area contributed by atoms with Gasteiger partial charge in [0.25, 0.3) is 5.91 Å². The molecule has 1 aromatic carbocycles. The fourth-order valence-corrected chi connectivity index (χ4v) is 2.64. The zero-order valence-corrected chi connectivity index (χ0v) is 13.6. The second kappa shape index (κ2) is 7.48. The number of amides is 1. The van der Waals surface area contributed by atoms with Crippen LogP contribution in [0.15, 0.2) is 35.7 Å². The fraction of sp³-hybridized carbons (Fsp3) is 0.312. The Kier molecular flexibility index (Phi) is 5.65. The Morgan fingerprint density at radius 1 is 1.43 bits per heavy atom. The normalized spacial score (nSPS) is 12.0. The van der Waals surface area contributed by atoms with Crippen LogP contribution in [0, 0.1) is 6.92 Å². The van der Waals surface area contributed by atoms with E-state index in [0.717, 1.165) is 10.4 Å². The summed E-state index contributed by atoms with van der Waals surface area (Å²) < 4.78 is 5.76. The number of nitrogens with one attached hydrogen (secondary N) is 1. The van der Waals surface area contributed by atoms with Crippen molar-refractivity contribution in [3.63, 3.8) is 0 Å². The number of aryl methyl sites for hydroxylation is 1. The number of hydrogen-bond donors (Lipinski definition) is 1. The van der Waals surface area contributed by atoms with E-state index in [2.05, 4.69) is 5.32 Å². The molecule has 0 aliphatic heterocycles. The third-order valence-corrected chi connectivity index (χ3v) is 4.39. The molecular formula is C16H18ClNO2S. The van der Waals surface area contributed by atoms with Crippen LogP contribution >= 0.6 is 22.9 Å². The average molecular weight is 324 g/mol. The van der Waals surface area contributed by atoms with Crippen molar-refractivity contribution in [1.82, 2.24) is 5.32 Å². The third kappa shape index (κ3) is 4.48. The zero-order valence-electron chi connectivity index (χ0n) is 12.1. The average Bonchev–Trinajstić information content (AvgIpc) is 2.99. The number of hydrogen-bond acceptors (Lipinski definition) is 3. The lowest BCUT2D eigenvalue weighted by Crippen LogP contribution is -2.37. The van der Waals surface area contributed by atoms with E-state index in [-0.39, 0.29) is 5.91 Å². The van der Waals surface area contributed by atoms with E-state index in [1.165, 1.54) is 0 Å². The number of benzene rings is 1. The Morgan fingerprint density at radius 3 is 2.86 bits per heavy atom. The largest absolute Gasteiger partial charge is 0.481 e. The van der Waals surface area contributed by atoms with Gasteiger partial charge in [0.1, 0.15) is 5.75 Å². The highest BCUT2D eigenvalue weighted by Crippen LogP contribution is 2.22. The van der Waals surface area contributed by atoms with Gasteiger partial charge >= 0.3 is 0 Å². The predicted molar refractivity (Wildman–Crippen MR) is 87.1 cm³/mol. The standard InChI is InChI=1S/C16H18ClNO2S/c1-3-15(16(19)18-10-13-5-4-8-21-13)20-12-6-7-14(17)11(2)9-12/h4-9,15H,3,10H2,1-2H3,(H,18,19). The van der Waals surface area contributed by atoms with Crippen molar-refractivity contribution in [3.05, 3.63) is 51.2 Å². The van der Waals surface area contributed by atoms with Gasteiger partial charge in [-0.1, -0.05) is 24.6 Å². The molecule has 1 unspecified atom stereocenters. The highest BCUT2D eigenvalue weighted by Gasteiger charge is 2.18. The molecule has 21 heavy (non-hydrogen) atoms. The first kappa shape index (κ1) is 15.9. The topological polar surface area (TPSA) is 38.3 Å². The van der Waals surface area contributed by atoms with Gasteiger partial charge in [0.2, 0.25) is 0 Å². The maximum atomic E-state index is 12.2. The molecule has 2 aromatic rings. The molecule has 1 atom stereocenters. The van der Waals surface area contributed by atoms with Crippen LogP contribution in [0.3, 0.4) is 0 Å². The smallest absolute Gasteiger partial charge is 0.261 e. The van der Waals surface area contributed by atoms with Gasteiger partial charge in [-0.15, -0.1) is 11.3 Å². The van der Waals surface area contributed by atoms with E-state index < -0.39 is 6.10 Å². The summed E-state index contributed by atoms with van der Waals surface area (Å²) in [4.78, 5) is 13.3. The van der Waals surface area contributed by atoms with E-state index in [9.17, 15) is 4.79 Å². The molecule has 0 saturated heterocycles. The predicted octanol–water partition coefficient (Wildman–Crippen LogP) is 4.18. The van der Waals surface area contributed by atoms with E-state index in [0.29, 0.717) is 23.7 Å². The van der Waals surface area contributed by atoms with Gasteiger partial charge in [0, 0.05) is 9.90 Å². The number of carbonyl (C=O) groups is 1. The quantitative estimate of drug-likeness (QED) is 0.866. The van der Waals surface area contributed by atoms with E-state index >= 15 is 0 Å². The Bertz CT molecular complexity index is 598. The number of rotatable bonds is 6. The van der Waals surface area contributed by atoms with Crippen LogP contribution in [-0.4, -0.2) is 12.0 Å². The van der Waals surface area contributed by atoms with Gasteiger partial charge in [-0.3, -0.25) is 4.79 Å². The highest BCUT2D eigenvalue weighted by molar-refractivity contribution is 7.09. The number of carbonyl (C=O) groups excluding carboxylic acids is 1. The van der Waals surface area contributed by atoms with Crippen LogP contribution in [0.5, 0.6) is 5.75 Å². The molecule has 1 aromatic heterocycles. The number of thiophene rings is 1. The van der Waals surface area contributed by atoms with Crippen LogP contribution in [0.1, 0.15) is 23.8 Å². The van der Waals surface area contributed by atoms with Crippen LogP contribution in [-0.2, 0) is 11.3 Å². The Hall–Kier alpha value is -1.52. The summed E-state index contributed by atoms with van der Waals surface area (Å²) in [5.41, 5.74) is 0.933. The van der Waals surface area contributed by atoms with Gasteiger partial charge in [-0.05, 0) is 48.6 Å². The monoisotopic (exact) mass is 323 g/mol. The molecule has 1 N–H and O–H groups in total. The summed E-state index contributed by atoms with van der Waals surface area (Å²) in [5.74, 6) is 0.563. The van der Waals surface area contributed by atoms with Crippen molar-refractivity contribution in [1.29, 1.82) is 0 Å². The maximum absolute atomic E-state index is 12.2. The highest BCUT2D eigenvalue weighted by atomic mass is 35.5. The lowest BCUT2D eigenvalue weighted by atomic mass is 10.2. The van der Waals surface area contributed by atoms with Crippen molar-refractivity contribution in [3.8, 4) is 5.75 Å². The Labute approximate surface area is 133 Å². The van der Waals surface area contributed by atoms with E-state index in [1.807, 2.05) is 37.4 Å². The van der Waals surface area contributed by atoms with Gasteiger partial charge < -0.3 is 10.1 Å². The molecule has 5 heteroatoms. The van der Waals surface area contributed by atoms with E-state index in [4.69, 9.17) is 16.3 Å². The lowest BCUT2D eigenvalue weighted by Gasteiger charge is -2.17. The molecule has 0 spiro atoms. The summed E-state index contributed by atoms with van der Waals surface area (Å²) in [7, 11) is 0. The molecule has 0 saturated carbocycles.